The van der Waals surface area contributed by atoms with Crippen LogP contribution in [0.2, 0.25) is 0 Å². The normalized spacial score (nSPS) is 19.4. The highest BCUT2D eigenvalue weighted by atomic mass is 16.6. The molecule has 5 rings (SSSR count). The Labute approximate surface area is 173 Å². The molecular weight excluding hydrogens is 382 g/mol. The molecule has 0 bridgehead atoms. The maximum Gasteiger partial charge on any atom is 0.269 e. The number of nitro groups is 1. The molecule has 150 valence electrons. The Morgan fingerprint density at radius 2 is 1.93 bits per heavy atom. The smallest absolute Gasteiger partial charge is 0.269 e. The molecule has 2 aliphatic heterocycles. The predicted molar refractivity (Wildman–Crippen MR) is 112 cm³/mol. The summed E-state index contributed by atoms with van der Waals surface area (Å²) in [6.07, 6.45) is 0.159. The zero-order valence-corrected chi connectivity index (χ0v) is 16.3. The Hall–Kier alpha value is -3.87. The number of hydrogen-bond acceptors (Lipinski definition) is 6. The fourth-order valence-corrected chi connectivity index (χ4v) is 4.02. The second-order valence-electron chi connectivity index (χ2n) is 7.24. The van der Waals surface area contributed by atoms with Crippen molar-refractivity contribution in [1.29, 1.82) is 0 Å². The Morgan fingerprint density at radius 3 is 2.77 bits per heavy atom. The molecule has 2 aliphatic rings. The fourth-order valence-electron chi connectivity index (χ4n) is 4.02. The molecule has 0 radical (unpaired) electrons. The summed E-state index contributed by atoms with van der Waals surface area (Å²) in [4.78, 5) is 10.9. The zero-order chi connectivity index (χ0) is 20.7. The molecule has 0 aliphatic carbocycles. The van der Waals surface area contributed by atoms with E-state index in [0.717, 1.165) is 28.3 Å². The second kappa shape index (κ2) is 7.18. The molecule has 0 saturated heterocycles. The van der Waals surface area contributed by atoms with Gasteiger partial charge in [0.2, 0.25) is 6.23 Å². The number of fused-ring (bicyclic) bond motifs is 3. The lowest BCUT2D eigenvalue weighted by Gasteiger charge is -2.38. The lowest BCUT2D eigenvalue weighted by molar-refractivity contribution is -0.385. The Morgan fingerprint density at radius 1 is 1.10 bits per heavy atom. The first-order valence-electron chi connectivity index (χ1n) is 9.64. The maximum atomic E-state index is 11.3. The van der Waals surface area contributed by atoms with Gasteiger partial charge in [-0.2, -0.15) is 5.10 Å². The molecule has 7 nitrogen and oxygen atoms in total. The van der Waals surface area contributed by atoms with Gasteiger partial charge >= 0.3 is 0 Å². The van der Waals surface area contributed by atoms with E-state index in [0.29, 0.717) is 12.0 Å². The number of nitrogens with zero attached hydrogens (tertiary/aromatic N) is 3. The van der Waals surface area contributed by atoms with Crippen molar-refractivity contribution in [3.05, 3.63) is 99.6 Å². The summed E-state index contributed by atoms with van der Waals surface area (Å²) in [5, 5.41) is 18.1. The van der Waals surface area contributed by atoms with E-state index in [2.05, 4.69) is 0 Å². The van der Waals surface area contributed by atoms with E-state index >= 15 is 0 Å². The van der Waals surface area contributed by atoms with Crippen molar-refractivity contribution in [2.75, 3.05) is 7.11 Å². The van der Waals surface area contributed by atoms with Crippen LogP contribution in [-0.2, 0) is 0 Å². The summed E-state index contributed by atoms with van der Waals surface area (Å²) in [6.45, 7) is 0. The van der Waals surface area contributed by atoms with Gasteiger partial charge in [0.1, 0.15) is 11.5 Å². The molecule has 3 aromatic carbocycles. The third-order valence-corrected chi connectivity index (χ3v) is 5.47. The average Bonchev–Trinajstić information content (AvgIpc) is 3.24. The molecule has 0 amide bonds. The minimum atomic E-state index is -0.548. The molecule has 2 atom stereocenters. The monoisotopic (exact) mass is 401 g/mol. The largest absolute Gasteiger partial charge is 0.497 e. The van der Waals surface area contributed by atoms with Gasteiger partial charge in [-0.05, 0) is 18.2 Å². The first kappa shape index (κ1) is 18.2. The number of methoxy groups -OCH3 is 1. The molecule has 0 spiro atoms. The van der Waals surface area contributed by atoms with Gasteiger partial charge in [-0.1, -0.05) is 42.5 Å². The first-order valence-corrected chi connectivity index (χ1v) is 9.64. The molecule has 0 saturated carbocycles. The van der Waals surface area contributed by atoms with E-state index < -0.39 is 11.2 Å². The van der Waals surface area contributed by atoms with Crippen molar-refractivity contribution in [3.63, 3.8) is 0 Å². The molecule has 3 aromatic rings. The van der Waals surface area contributed by atoms with Crippen LogP contribution < -0.4 is 9.47 Å². The van der Waals surface area contributed by atoms with Crippen LogP contribution >= 0.6 is 0 Å². The number of hydrogen-bond donors (Lipinski definition) is 0. The summed E-state index contributed by atoms with van der Waals surface area (Å²) in [7, 11) is 1.64. The zero-order valence-electron chi connectivity index (χ0n) is 16.3. The van der Waals surface area contributed by atoms with Gasteiger partial charge < -0.3 is 9.47 Å². The summed E-state index contributed by atoms with van der Waals surface area (Å²) in [5.74, 6) is 1.55. The summed E-state index contributed by atoms with van der Waals surface area (Å²) >= 11 is 0. The molecular formula is C23H19N3O4. The van der Waals surface area contributed by atoms with Gasteiger partial charge in [0.15, 0.2) is 0 Å². The lowest BCUT2D eigenvalue weighted by atomic mass is 9.96. The molecule has 0 unspecified atom stereocenters. The molecule has 7 heteroatoms. The van der Waals surface area contributed by atoms with Gasteiger partial charge in [0.05, 0.1) is 23.8 Å². The van der Waals surface area contributed by atoms with E-state index in [-0.39, 0.29) is 11.7 Å². The number of rotatable bonds is 4. The highest BCUT2D eigenvalue weighted by Gasteiger charge is 2.41. The van der Waals surface area contributed by atoms with Gasteiger partial charge in [0.25, 0.3) is 5.69 Å². The summed E-state index contributed by atoms with van der Waals surface area (Å²) < 4.78 is 11.6. The number of ether oxygens (including phenoxy) is 2. The fraction of sp³-hybridized carbons (Fsp3) is 0.174. The lowest BCUT2D eigenvalue weighted by Crippen LogP contribution is -2.33. The molecule has 0 N–H and O–H groups in total. The highest BCUT2D eigenvalue weighted by Crippen LogP contribution is 2.47. The SMILES string of the molecule is COc1cccc(C2=NN3[C@H](C2)c2ccccc2O[C@@H]3c2cccc([N+](=O)[O-])c2)c1. The highest BCUT2D eigenvalue weighted by molar-refractivity contribution is 6.02. The van der Waals surface area contributed by atoms with Crippen LogP contribution in [0.1, 0.15) is 35.4 Å². The third kappa shape index (κ3) is 3.04. The van der Waals surface area contributed by atoms with Crippen molar-refractivity contribution < 1.29 is 14.4 Å². The van der Waals surface area contributed by atoms with Gasteiger partial charge in [-0.3, -0.25) is 10.1 Å². The molecule has 0 fully saturated rings. The van der Waals surface area contributed by atoms with Crippen molar-refractivity contribution in [2.24, 2.45) is 5.10 Å². The summed E-state index contributed by atoms with van der Waals surface area (Å²) in [5.41, 5.74) is 3.69. The number of para-hydroxylation sites is 1. The van der Waals surface area contributed by atoms with Crippen LogP contribution in [0.5, 0.6) is 11.5 Å². The Bertz CT molecular complexity index is 1160. The Kier molecular flexibility index (Phi) is 4.35. The van der Waals surface area contributed by atoms with Crippen LogP contribution in [-0.4, -0.2) is 22.8 Å². The average molecular weight is 401 g/mol. The molecule has 0 aromatic heterocycles. The van der Waals surface area contributed by atoms with Gasteiger partial charge in [0, 0.05) is 35.2 Å². The standard InChI is InChI=1S/C23H19N3O4/c1-29-18-9-5-6-15(13-18)20-14-21-19-10-2-3-11-22(19)30-23(25(21)24-20)16-7-4-8-17(12-16)26(27)28/h2-13,21,23H,14H2,1H3/t21-,23-/m1/s1. The molecule has 30 heavy (non-hydrogen) atoms. The van der Waals surface area contributed by atoms with Crippen LogP contribution in [0.3, 0.4) is 0 Å². The number of nitro benzene ring substituents is 1. The third-order valence-electron chi connectivity index (χ3n) is 5.47. The number of non-ortho nitro benzene ring substituents is 1. The van der Waals surface area contributed by atoms with Gasteiger partial charge in [-0.15, -0.1) is 0 Å². The number of benzene rings is 3. The Balaban J connectivity index is 1.59. The quantitative estimate of drug-likeness (QED) is 0.462. The van der Waals surface area contributed by atoms with Crippen LogP contribution in [0.15, 0.2) is 77.9 Å². The van der Waals surface area contributed by atoms with Crippen LogP contribution in [0, 0.1) is 10.1 Å². The number of hydrazone groups is 1. The van der Waals surface area contributed by atoms with E-state index in [4.69, 9.17) is 14.6 Å². The van der Waals surface area contributed by atoms with Crippen LogP contribution in [0.25, 0.3) is 0 Å². The van der Waals surface area contributed by atoms with Gasteiger partial charge in [-0.25, -0.2) is 5.01 Å². The molecule has 2 heterocycles. The maximum absolute atomic E-state index is 11.3. The summed E-state index contributed by atoms with van der Waals surface area (Å²) in [6, 6.07) is 22.2. The predicted octanol–water partition coefficient (Wildman–Crippen LogP) is 4.85. The van der Waals surface area contributed by atoms with E-state index in [1.165, 1.54) is 6.07 Å². The second-order valence-corrected chi connectivity index (χ2v) is 7.24. The van der Waals surface area contributed by atoms with E-state index in [1.807, 2.05) is 59.6 Å². The van der Waals surface area contributed by atoms with Crippen molar-refractivity contribution >= 4 is 11.4 Å². The minimum absolute atomic E-state index is 0.0135. The first-order chi connectivity index (χ1) is 14.6. The minimum Gasteiger partial charge on any atom is -0.497 e. The van der Waals surface area contributed by atoms with Crippen LogP contribution in [0.4, 0.5) is 5.69 Å². The van der Waals surface area contributed by atoms with Crippen molar-refractivity contribution in [1.82, 2.24) is 5.01 Å². The van der Waals surface area contributed by atoms with E-state index in [9.17, 15) is 10.1 Å². The van der Waals surface area contributed by atoms with E-state index in [1.54, 1.807) is 19.2 Å². The van der Waals surface area contributed by atoms with Crippen molar-refractivity contribution in [3.8, 4) is 11.5 Å². The topological polar surface area (TPSA) is 77.2 Å². The van der Waals surface area contributed by atoms with Crippen molar-refractivity contribution in [2.45, 2.75) is 18.7 Å².